The molecule has 0 amide bonds. The van der Waals surface area contributed by atoms with Crippen molar-refractivity contribution < 1.29 is 9.85 Å². The minimum atomic E-state index is -0.417. The zero-order valence-corrected chi connectivity index (χ0v) is 13.6. The fourth-order valence-electron chi connectivity index (χ4n) is 2.74. The first-order valence-electron chi connectivity index (χ1n) is 7.82. The summed E-state index contributed by atoms with van der Waals surface area (Å²) >= 11 is 0. The maximum atomic E-state index is 11.1. The molecule has 128 valence electrons. The Kier molecular flexibility index (Phi) is 4.85. The maximum Gasteiger partial charge on any atom is 0.277 e. The van der Waals surface area contributed by atoms with Crippen LogP contribution >= 0.6 is 0 Å². The standard InChI is InChI=1S/C14H9NO2.C6H5NO2/c16-15(17)13-7-3-5-11-9-8-10-4-1-2-6-12(10)14(11)13;8-7(9)6-4-2-1-3-5-6/h1-9H;1-5H. The molecule has 0 aliphatic rings. The van der Waals surface area contributed by atoms with Crippen LogP contribution in [0.15, 0.2) is 84.9 Å². The molecule has 4 aromatic carbocycles. The van der Waals surface area contributed by atoms with Crippen molar-refractivity contribution in [1.29, 1.82) is 0 Å². The molecule has 4 aromatic rings. The number of nitro benzene ring substituents is 2. The molecule has 6 nitrogen and oxygen atoms in total. The van der Waals surface area contributed by atoms with Crippen LogP contribution in [0, 0.1) is 20.2 Å². The van der Waals surface area contributed by atoms with Gasteiger partial charge in [-0.2, -0.15) is 0 Å². The second kappa shape index (κ2) is 7.40. The van der Waals surface area contributed by atoms with Crippen molar-refractivity contribution in [1.82, 2.24) is 0 Å². The van der Waals surface area contributed by atoms with Crippen molar-refractivity contribution in [2.75, 3.05) is 0 Å². The van der Waals surface area contributed by atoms with E-state index in [0.29, 0.717) is 0 Å². The Morgan fingerprint density at radius 3 is 1.85 bits per heavy atom. The highest BCUT2D eigenvalue weighted by atomic mass is 16.6. The van der Waals surface area contributed by atoms with E-state index in [9.17, 15) is 20.2 Å². The predicted octanol–water partition coefficient (Wildman–Crippen LogP) is 5.50. The fourth-order valence-corrected chi connectivity index (χ4v) is 2.74. The van der Waals surface area contributed by atoms with Gasteiger partial charge in [0.1, 0.15) is 0 Å². The highest BCUT2D eigenvalue weighted by Gasteiger charge is 2.13. The number of nitrogens with zero attached hydrogens (tertiary/aromatic N) is 2. The smallest absolute Gasteiger partial charge is 0.258 e. The maximum absolute atomic E-state index is 11.1. The second-order valence-corrected chi connectivity index (χ2v) is 5.51. The van der Waals surface area contributed by atoms with Crippen LogP contribution in [0.2, 0.25) is 0 Å². The molecule has 0 aliphatic heterocycles. The number of hydrogen-bond acceptors (Lipinski definition) is 4. The van der Waals surface area contributed by atoms with E-state index in [4.69, 9.17) is 0 Å². The minimum absolute atomic E-state index is 0.137. The predicted molar refractivity (Wildman–Crippen MR) is 101 cm³/mol. The number of rotatable bonds is 2. The van der Waals surface area contributed by atoms with Gasteiger partial charge >= 0.3 is 0 Å². The molecule has 0 bridgehead atoms. The first-order valence-corrected chi connectivity index (χ1v) is 7.82. The molecular weight excluding hydrogens is 332 g/mol. The summed E-state index contributed by atoms with van der Waals surface area (Å²) in [6, 6.07) is 24.7. The van der Waals surface area contributed by atoms with E-state index in [1.165, 1.54) is 12.1 Å². The third-order valence-corrected chi connectivity index (χ3v) is 3.91. The Labute approximate surface area is 148 Å². The van der Waals surface area contributed by atoms with E-state index in [1.54, 1.807) is 30.3 Å². The summed E-state index contributed by atoms with van der Waals surface area (Å²) in [6.45, 7) is 0. The zero-order chi connectivity index (χ0) is 18.5. The van der Waals surface area contributed by atoms with Gasteiger partial charge in [-0.25, -0.2) is 0 Å². The molecule has 0 saturated heterocycles. The number of benzene rings is 4. The molecule has 4 rings (SSSR count). The van der Waals surface area contributed by atoms with Gasteiger partial charge in [-0.1, -0.05) is 66.7 Å². The van der Waals surface area contributed by atoms with Crippen molar-refractivity contribution in [2.24, 2.45) is 0 Å². The van der Waals surface area contributed by atoms with Gasteiger partial charge in [-0.15, -0.1) is 0 Å². The molecule has 26 heavy (non-hydrogen) atoms. The SMILES string of the molecule is O=[N+]([O-])c1cccc2ccc3ccccc3c12.O=[N+]([O-])c1ccccc1. The number of hydrogen-bond donors (Lipinski definition) is 0. The van der Waals surface area contributed by atoms with E-state index in [1.807, 2.05) is 42.5 Å². The number of nitro groups is 2. The van der Waals surface area contributed by atoms with Gasteiger partial charge in [0.05, 0.1) is 15.2 Å². The lowest BCUT2D eigenvalue weighted by Crippen LogP contribution is -1.89. The molecule has 0 N–H and O–H groups in total. The molecule has 0 radical (unpaired) electrons. The van der Waals surface area contributed by atoms with Crippen LogP contribution in [0.1, 0.15) is 0 Å². The molecule has 6 heteroatoms. The van der Waals surface area contributed by atoms with Crippen molar-refractivity contribution in [3.63, 3.8) is 0 Å². The summed E-state index contributed by atoms with van der Waals surface area (Å²) in [5, 5.41) is 24.6. The fraction of sp³-hybridized carbons (Fsp3) is 0. The van der Waals surface area contributed by atoms with Gasteiger partial charge in [0.25, 0.3) is 11.4 Å². The monoisotopic (exact) mass is 346 g/mol. The molecule has 0 spiro atoms. The molecule has 0 aromatic heterocycles. The van der Waals surface area contributed by atoms with E-state index < -0.39 is 4.92 Å². The highest BCUT2D eigenvalue weighted by molar-refractivity contribution is 6.11. The lowest BCUT2D eigenvalue weighted by atomic mass is 10.0. The lowest BCUT2D eigenvalue weighted by Gasteiger charge is -2.04. The summed E-state index contributed by atoms with van der Waals surface area (Å²) in [7, 11) is 0. The Morgan fingerprint density at radius 2 is 1.19 bits per heavy atom. The first-order chi connectivity index (χ1) is 12.6. The molecule has 0 unspecified atom stereocenters. The van der Waals surface area contributed by atoms with E-state index in [0.717, 1.165) is 21.5 Å². The Balaban J connectivity index is 0.000000185. The van der Waals surface area contributed by atoms with Gasteiger partial charge < -0.3 is 0 Å². The number of fused-ring (bicyclic) bond motifs is 3. The van der Waals surface area contributed by atoms with Gasteiger partial charge in [0.2, 0.25) is 0 Å². The van der Waals surface area contributed by atoms with E-state index in [2.05, 4.69) is 0 Å². The topological polar surface area (TPSA) is 86.3 Å². The Morgan fingerprint density at radius 1 is 0.577 bits per heavy atom. The largest absolute Gasteiger partial charge is 0.277 e. The van der Waals surface area contributed by atoms with Crippen LogP contribution in [-0.2, 0) is 0 Å². The Hall–Kier alpha value is -3.80. The average molecular weight is 346 g/mol. The quantitative estimate of drug-likeness (QED) is 0.272. The van der Waals surface area contributed by atoms with E-state index >= 15 is 0 Å². The van der Waals surface area contributed by atoms with Crippen molar-refractivity contribution in [3.8, 4) is 0 Å². The number of non-ortho nitro benzene ring substituents is 2. The first kappa shape index (κ1) is 17.0. The minimum Gasteiger partial charge on any atom is -0.258 e. The lowest BCUT2D eigenvalue weighted by molar-refractivity contribution is -0.384. The van der Waals surface area contributed by atoms with Gasteiger partial charge in [-0.3, -0.25) is 20.2 Å². The van der Waals surface area contributed by atoms with Crippen LogP contribution < -0.4 is 0 Å². The van der Waals surface area contributed by atoms with Gasteiger partial charge in [0.15, 0.2) is 0 Å². The zero-order valence-electron chi connectivity index (χ0n) is 13.6. The normalized spacial score (nSPS) is 10.2. The molecule has 0 heterocycles. The van der Waals surface area contributed by atoms with Gasteiger partial charge in [-0.05, 0) is 16.2 Å². The summed E-state index contributed by atoms with van der Waals surface area (Å²) < 4.78 is 0. The molecule has 0 fully saturated rings. The third-order valence-electron chi connectivity index (χ3n) is 3.91. The van der Waals surface area contributed by atoms with Crippen molar-refractivity contribution in [2.45, 2.75) is 0 Å². The van der Waals surface area contributed by atoms with Crippen LogP contribution in [0.4, 0.5) is 11.4 Å². The molecular formula is C20H14N2O4. The van der Waals surface area contributed by atoms with Gasteiger partial charge in [0, 0.05) is 18.2 Å². The Bertz CT molecular complexity index is 1090. The summed E-state index contributed by atoms with van der Waals surface area (Å²) in [6.07, 6.45) is 0. The van der Waals surface area contributed by atoms with E-state index in [-0.39, 0.29) is 16.3 Å². The summed E-state index contributed by atoms with van der Waals surface area (Å²) in [4.78, 5) is 20.3. The van der Waals surface area contributed by atoms with Crippen LogP contribution in [0.5, 0.6) is 0 Å². The second-order valence-electron chi connectivity index (χ2n) is 5.51. The average Bonchev–Trinajstić information content (AvgIpc) is 2.68. The summed E-state index contributed by atoms with van der Waals surface area (Å²) in [5.41, 5.74) is 0.303. The van der Waals surface area contributed by atoms with Crippen LogP contribution in [-0.4, -0.2) is 9.85 Å². The third kappa shape index (κ3) is 3.49. The van der Waals surface area contributed by atoms with Crippen molar-refractivity contribution >= 4 is 32.9 Å². The molecule has 0 atom stereocenters. The highest BCUT2D eigenvalue weighted by Crippen LogP contribution is 2.32. The van der Waals surface area contributed by atoms with Crippen LogP contribution in [0.3, 0.4) is 0 Å². The van der Waals surface area contributed by atoms with Crippen LogP contribution in [0.25, 0.3) is 21.5 Å². The molecule has 0 aliphatic carbocycles. The van der Waals surface area contributed by atoms with Crippen molar-refractivity contribution in [3.05, 3.63) is 105 Å². The summed E-state index contributed by atoms with van der Waals surface area (Å²) in [5.74, 6) is 0. The number of para-hydroxylation sites is 1. The molecule has 0 saturated carbocycles.